The van der Waals surface area contributed by atoms with Crippen molar-refractivity contribution in [2.75, 3.05) is 19.0 Å². The van der Waals surface area contributed by atoms with Gasteiger partial charge in [-0.25, -0.2) is 0 Å². The van der Waals surface area contributed by atoms with E-state index in [9.17, 15) is 0 Å². The summed E-state index contributed by atoms with van der Waals surface area (Å²) in [6.07, 6.45) is 3.63. The molecule has 0 aromatic rings. The molecule has 2 aliphatic rings. The molecule has 0 spiro atoms. The van der Waals surface area contributed by atoms with Crippen molar-refractivity contribution in [3.63, 3.8) is 0 Å². The van der Waals surface area contributed by atoms with Crippen LogP contribution in [0, 0.1) is 0 Å². The largest absolute Gasteiger partial charge is 0.296 e. The number of thiol groups is 1. The van der Waals surface area contributed by atoms with Gasteiger partial charge in [0.15, 0.2) is 0 Å². The van der Waals surface area contributed by atoms with Crippen LogP contribution in [0.15, 0.2) is 5.10 Å². The van der Waals surface area contributed by atoms with Crippen LogP contribution in [-0.4, -0.2) is 35.6 Å². The molecule has 0 saturated carbocycles. The monoisotopic (exact) mass is 185 g/mol. The third-order valence-corrected chi connectivity index (χ3v) is 2.84. The van der Waals surface area contributed by atoms with Gasteiger partial charge in [0.1, 0.15) is 0 Å². The third kappa shape index (κ3) is 1.45. The SMILES string of the molecule is SCCC1=NNCN2CCCC12. The summed E-state index contributed by atoms with van der Waals surface area (Å²) >= 11 is 4.23. The Balaban J connectivity index is 2.05. The molecule has 2 rings (SSSR count). The molecule has 12 heavy (non-hydrogen) atoms. The predicted octanol–water partition coefficient (Wildman–Crippen LogP) is 0.687. The summed E-state index contributed by atoms with van der Waals surface area (Å²) in [4.78, 5) is 2.46. The summed E-state index contributed by atoms with van der Waals surface area (Å²) in [7, 11) is 0. The van der Waals surface area contributed by atoms with E-state index in [0.29, 0.717) is 6.04 Å². The maximum absolute atomic E-state index is 4.34. The molecule has 4 heteroatoms. The molecule has 1 fully saturated rings. The van der Waals surface area contributed by atoms with E-state index in [1.165, 1.54) is 25.1 Å². The van der Waals surface area contributed by atoms with Crippen LogP contribution in [0.1, 0.15) is 19.3 Å². The Morgan fingerprint density at radius 3 is 3.42 bits per heavy atom. The lowest BCUT2D eigenvalue weighted by Gasteiger charge is -2.29. The molecule has 68 valence electrons. The first-order valence-electron chi connectivity index (χ1n) is 4.56. The molecule has 3 nitrogen and oxygen atoms in total. The minimum absolute atomic E-state index is 0.624. The lowest BCUT2D eigenvalue weighted by atomic mass is 10.1. The topological polar surface area (TPSA) is 27.6 Å². The van der Waals surface area contributed by atoms with E-state index in [4.69, 9.17) is 0 Å². The van der Waals surface area contributed by atoms with E-state index < -0.39 is 0 Å². The second-order valence-corrected chi connectivity index (χ2v) is 3.81. The normalized spacial score (nSPS) is 29.4. The number of fused-ring (bicyclic) bond motifs is 1. The Kier molecular flexibility index (Phi) is 2.56. The summed E-state index contributed by atoms with van der Waals surface area (Å²) in [5.74, 6) is 0.908. The first-order chi connectivity index (χ1) is 5.92. The molecule has 1 N–H and O–H groups in total. The zero-order valence-electron chi connectivity index (χ0n) is 7.16. The second-order valence-electron chi connectivity index (χ2n) is 3.36. The summed E-state index contributed by atoms with van der Waals surface area (Å²) in [5.41, 5.74) is 4.37. The summed E-state index contributed by atoms with van der Waals surface area (Å²) in [6, 6.07) is 0.624. The van der Waals surface area contributed by atoms with Gasteiger partial charge >= 0.3 is 0 Å². The maximum Gasteiger partial charge on any atom is 0.0853 e. The van der Waals surface area contributed by atoms with E-state index in [1.54, 1.807) is 0 Å². The molecular formula is C8H15N3S. The van der Waals surface area contributed by atoms with Gasteiger partial charge in [-0.2, -0.15) is 17.7 Å². The number of nitrogens with one attached hydrogen (secondary N) is 1. The van der Waals surface area contributed by atoms with Gasteiger partial charge in [0.25, 0.3) is 0 Å². The lowest BCUT2D eigenvalue weighted by molar-refractivity contribution is 0.262. The van der Waals surface area contributed by atoms with Gasteiger partial charge in [-0.05, 0) is 25.0 Å². The fraction of sp³-hybridized carbons (Fsp3) is 0.875. The lowest BCUT2D eigenvalue weighted by Crippen LogP contribution is -2.45. The Morgan fingerprint density at radius 1 is 1.67 bits per heavy atom. The van der Waals surface area contributed by atoms with E-state index in [-0.39, 0.29) is 0 Å². The van der Waals surface area contributed by atoms with Crippen molar-refractivity contribution in [1.82, 2.24) is 10.3 Å². The van der Waals surface area contributed by atoms with Gasteiger partial charge in [0, 0.05) is 6.54 Å². The molecule has 0 aromatic carbocycles. The number of rotatable bonds is 2. The molecule has 2 aliphatic heterocycles. The number of hydrogen-bond acceptors (Lipinski definition) is 4. The van der Waals surface area contributed by atoms with Crippen molar-refractivity contribution >= 4 is 18.3 Å². The summed E-state index contributed by atoms with van der Waals surface area (Å²) in [6.45, 7) is 2.16. The van der Waals surface area contributed by atoms with E-state index in [1.807, 2.05) is 0 Å². The van der Waals surface area contributed by atoms with Crippen LogP contribution in [0.5, 0.6) is 0 Å². The molecule has 1 atom stereocenters. The molecule has 0 radical (unpaired) electrons. The van der Waals surface area contributed by atoms with Crippen LogP contribution >= 0.6 is 12.6 Å². The van der Waals surface area contributed by atoms with E-state index >= 15 is 0 Å². The van der Waals surface area contributed by atoms with Gasteiger partial charge in [0.2, 0.25) is 0 Å². The molecule has 0 aromatic heterocycles. The van der Waals surface area contributed by atoms with Crippen LogP contribution in [0.3, 0.4) is 0 Å². The molecule has 1 unspecified atom stereocenters. The Labute approximate surface area is 78.6 Å². The summed E-state index contributed by atoms with van der Waals surface area (Å²) < 4.78 is 0. The zero-order valence-corrected chi connectivity index (χ0v) is 8.06. The zero-order chi connectivity index (χ0) is 8.39. The van der Waals surface area contributed by atoms with Crippen molar-refractivity contribution in [2.24, 2.45) is 5.10 Å². The van der Waals surface area contributed by atoms with Crippen molar-refractivity contribution < 1.29 is 0 Å². The van der Waals surface area contributed by atoms with Crippen molar-refractivity contribution in [1.29, 1.82) is 0 Å². The van der Waals surface area contributed by atoms with E-state index in [0.717, 1.165) is 18.8 Å². The van der Waals surface area contributed by atoms with Gasteiger partial charge < -0.3 is 0 Å². The first kappa shape index (κ1) is 8.38. The van der Waals surface area contributed by atoms with Gasteiger partial charge in [-0.3, -0.25) is 10.3 Å². The van der Waals surface area contributed by atoms with Crippen LogP contribution in [-0.2, 0) is 0 Å². The fourth-order valence-corrected chi connectivity index (χ4v) is 2.26. The molecule has 2 heterocycles. The van der Waals surface area contributed by atoms with Crippen LogP contribution in [0.2, 0.25) is 0 Å². The van der Waals surface area contributed by atoms with Crippen LogP contribution in [0.25, 0.3) is 0 Å². The van der Waals surface area contributed by atoms with Crippen LogP contribution < -0.4 is 5.43 Å². The average molecular weight is 185 g/mol. The Morgan fingerprint density at radius 2 is 2.58 bits per heavy atom. The Bertz CT molecular complexity index is 193. The quantitative estimate of drug-likeness (QED) is 0.619. The highest BCUT2D eigenvalue weighted by Gasteiger charge is 2.30. The Hall–Kier alpha value is -0.220. The molecular weight excluding hydrogens is 170 g/mol. The number of hydrogen-bond donors (Lipinski definition) is 2. The smallest absolute Gasteiger partial charge is 0.0853 e. The van der Waals surface area contributed by atoms with Gasteiger partial charge in [-0.15, -0.1) is 0 Å². The highest BCUT2D eigenvalue weighted by atomic mass is 32.1. The third-order valence-electron chi connectivity index (χ3n) is 2.61. The van der Waals surface area contributed by atoms with Gasteiger partial charge in [-0.1, -0.05) is 0 Å². The fourth-order valence-electron chi connectivity index (χ4n) is 2.03. The minimum atomic E-state index is 0.624. The minimum Gasteiger partial charge on any atom is -0.296 e. The maximum atomic E-state index is 4.34. The number of nitrogens with zero attached hydrogens (tertiary/aromatic N) is 2. The number of hydrazone groups is 1. The second kappa shape index (κ2) is 3.66. The molecule has 0 aliphatic carbocycles. The molecule has 0 amide bonds. The average Bonchev–Trinajstić information content (AvgIpc) is 2.53. The highest BCUT2D eigenvalue weighted by Crippen LogP contribution is 2.20. The standard InChI is InChI=1S/C8H15N3S/c12-5-3-7-8-2-1-4-11(8)6-9-10-7/h8-9,12H,1-6H2. The highest BCUT2D eigenvalue weighted by molar-refractivity contribution is 7.80. The first-order valence-corrected chi connectivity index (χ1v) is 5.19. The molecule has 1 saturated heterocycles. The van der Waals surface area contributed by atoms with Crippen LogP contribution in [0.4, 0.5) is 0 Å². The predicted molar refractivity (Wildman–Crippen MR) is 53.6 cm³/mol. The summed E-state index contributed by atoms with van der Waals surface area (Å²) in [5, 5.41) is 4.34. The van der Waals surface area contributed by atoms with Gasteiger partial charge in [0.05, 0.1) is 18.4 Å². The molecule has 0 bridgehead atoms. The van der Waals surface area contributed by atoms with E-state index in [2.05, 4.69) is 28.1 Å². The van der Waals surface area contributed by atoms with Crippen molar-refractivity contribution in [3.8, 4) is 0 Å². The van der Waals surface area contributed by atoms with Crippen molar-refractivity contribution in [3.05, 3.63) is 0 Å². The van der Waals surface area contributed by atoms with Crippen molar-refractivity contribution in [2.45, 2.75) is 25.3 Å².